The van der Waals surface area contributed by atoms with E-state index in [-0.39, 0.29) is 11.3 Å². The first kappa shape index (κ1) is 26.0. The van der Waals surface area contributed by atoms with Crippen LogP contribution in [0.3, 0.4) is 0 Å². The molecule has 0 aliphatic heterocycles. The highest BCUT2D eigenvalue weighted by molar-refractivity contribution is 6.33. The van der Waals surface area contributed by atoms with Gasteiger partial charge in [0.1, 0.15) is 0 Å². The molecule has 6 heteroatoms. The molecule has 0 spiro atoms. The Morgan fingerprint density at radius 2 is 1.56 bits per heavy atom. The van der Waals surface area contributed by atoms with Crippen LogP contribution >= 0.6 is 11.6 Å². The first-order valence-electron chi connectivity index (χ1n) is 12.2. The fourth-order valence-corrected chi connectivity index (χ4v) is 5.27. The third kappa shape index (κ3) is 6.19. The van der Waals surface area contributed by atoms with Crippen molar-refractivity contribution in [2.45, 2.75) is 50.1 Å². The first-order valence-corrected chi connectivity index (χ1v) is 12.6. The van der Waals surface area contributed by atoms with Gasteiger partial charge in [-0.2, -0.15) is 13.2 Å². The summed E-state index contributed by atoms with van der Waals surface area (Å²) in [4.78, 5) is 12.8. The Morgan fingerprint density at radius 1 is 0.917 bits per heavy atom. The number of halogens is 4. The number of carbonyl (C=O) groups excluding carboxylic acids is 1. The highest BCUT2D eigenvalue weighted by Gasteiger charge is 2.36. The molecular formula is C30H29ClF3NO. The number of amides is 1. The number of aryl methyl sites for hydroxylation is 1. The molecule has 4 rings (SSSR count). The Labute approximate surface area is 215 Å². The first-order chi connectivity index (χ1) is 17.3. The number of carbonyl (C=O) groups is 1. The SMILES string of the molecule is O=C(NCC1(c2ccccc2)CCC(=CCCc2ccccc2C(F)(F)F)CC1)c1ccccc1Cl. The van der Waals surface area contributed by atoms with Gasteiger partial charge in [-0.05, 0) is 67.9 Å². The van der Waals surface area contributed by atoms with Crippen molar-refractivity contribution in [3.05, 3.63) is 118 Å². The molecule has 3 aromatic carbocycles. The van der Waals surface area contributed by atoms with Gasteiger partial charge >= 0.3 is 6.18 Å². The van der Waals surface area contributed by atoms with Gasteiger partial charge in [0.05, 0.1) is 16.1 Å². The van der Waals surface area contributed by atoms with Crippen LogP contribution in [-0.2, 0) is 18.0 Å². The zero-order valence-electron chi connectivity index (χ0n) is 20.0. The number of nitrogens with one attached hydrogen (secondary N) is 1. The Kier molecular flexibility index (Phi) is 8.20. The molecule has 0 bridgehead atoms. The van der Waals surface area contributed by atoms with E-state index < -0.39 is 11.7 Å². The van der Waals surface area contributed by atoms with Gasteiger partial charge in [0, 0.05) is 12.0 Å². The predicted molar refractivity (Wildman–Crippen MR) is 138 cm³/mol. The lowest BCUT2D eigenvalue weighted by atomic mass is 9.68. The molecular weight excluding hydrogens is 483 g/mol. The van der Waals surface area contributed by atoms with Crippen LogP contribution in [0.25, 0.3) is 0 Å². The molecule has 0 heterocycles. The molecule has 3 aromatic rings. The molecule has 0 atom stereocenters. The van der Waals surface area contributed by atoms with Crippen molar-refractivity contribution in [1.29, 1.82) is 0 Å². The van der Waals surface area contributed by atoms with E-state index in [0.717, 1.165) is 31.7 Å². The fraction of sp³-hybridized carbons (Fsp3) is 0.300. The van der Waals surface area contributed by atoms with Crippen molar-refractivity contribution >= 4 is 17.5 Å². The van der Waals surface area contributed by atoms with Crippen LogP contribution in [0.4, 0.5) is 13.2 Å². The van der Waals surface area contributed by atoms with Crippen LogP contribution < -0.4 is 5.32 Å². The summed E-state index contributed by atoms with van der Waals surface area (Å²) < 4.78 is 39.9. The van der Waals surface area contributed by atoms with Crippen LogP contribution in [0, 0.1) is 0 Å². The Bertz CT molecular complexity index is 1210. The topological polar surface area (TPSA) is 29.1 Å². The number of hydrogen-bond donors (Lipinski definition) is 1. The molecule has 0 radical (unpaired) electrons. The molecule has 1 aliphatic carbocycles. The predicted octanol–water partition coefficient (Wildman–Crippen LogP) is 8.16. The molecule has 1 N–H and O–H groups in total. The maximum absolute atomic E-state index is 13.3. The van der Waals surface area contributed by atoms with Crippen LogP contribution in [0.5, 0.6) is 0 Å². The van der Waals surface area contributed by atoms with Crippen LogP contribution in [0.15, 0.2) is 90.5 Å². The zero-order chi connectivity index (χ0) is 25.6. The van der Waals surface area contributed by atoms with Crippen molar-refractivity contribution in [3.8, 4) is 0 Å². The summed E-state index contributed by atoms with van der Waals surface area (Å²) in [5.41, 5.74) is 2.48. The summed E-state index contributed by atoms with van der Waals surface area (Å²) in [6.45, 7) is 0.493. The Hall–Kier alpha value is -3.05. The number of allylic oxidation sites excluding steroid dienone is 2. The molecule has 0 saturated heterocycles. The molecule has 0 aromatic heterocycles. The summed E-state index contributed by atoms with van der Waals surface area (Å²) in [6.07, 6.45) is 2.09. The van der Waals surface area contributed by atoms with Gasteiger partial charge in [0.2, 0.25) is 0 Å². The zero-order valence-corrected chi connectivity index (χ0v) is 20.7. The minimum absolute atomic E-state index is 0.194. The second-order valence-corrected chi connectivity index (χ2v) is 9.77. The minimum atomic E-state index is -4.34. The van der Waals surface area contributed by atoms with Crippen molar-refractivity contribution in [2.24, 2.45) is 0 Å². The maximum Gasteiger partial charge on any atom is 0.416 e. The average molecular weight is 512 g/mol. The number of hydrogen-bond acceptors (Lipinski definition) is 1. The molecule has 1 fully saturated rings. The lowest BCUT2D eigenvalue weighted by Gasteiger charge is -2.39. The average Bonchev–Trinajstić information content (AvgIpc) is 2.89. The fourth-order valence-electron chi connectivity index (χ4n) is 5.05. The summed E-state index contributed by atoms with van der Waals surface area (Å²) in [5.74, 6) is -0.194. The van der Waals surface area contributed by atoms with E-state index >= 15 is 0 Å². The quantitative estimate of drug-likeness (QED) is 0.318. The van der Waals surface area contributed by atoms with Gasteiger partial charge in [0.15, 0.2) is 0 Å². The van der Waals surface area contributed by atoms with E-state index in [1.54, 1.807) is 36.4 Å². The number of alkyl halides is 3. The number of benzene rings is 3. The Morgan fingerprint density at radius 3 is 2.25 bits per heavy atom. The van der Waals surface area contributed by atoms with E-state index in [0.29, 0.717) is 35.5 Å². The summed E-state index contributed by atoms with van der Waals surface area (Å²) in [5, 5.41) is 3.52. The van der Waals surface area contributed by atoms with Gasteiger partial charge in [-0.25, -0.2) is 0 Å². The molecule has 2 nitrogen and oxygen atoms in total. The van der Waals surface area contributed by atoms with E-state index in [9.17, 15) is 18.0 Å². The van der Waals surface area contributed by atoms with Crippen molar-refractivity contribution in [2.75, 3.05) is 6.54 Å². The summed E-state index contributed by atoms with van der Waals surface area (Å²) in [7, 11) is 0. The lowest BCUT2D eigenvalue weighted by Crippen LogP contribution is -2.42. The van der Waals surface area contributed by atoms with Crippen molar-refractivity contribution in [1.82, 2.24) is 5.32 Å². The van der Waals surface area contributed by atoms with Crippen LogP contribution in [0.2, 0.25) is 5.02 Å². The monoisotopic (exact) mass is 511 g/mol. The highest BCUT2D eigenvalue weighted by Crippen LogP contribution is 2.41. The molecule has 0 unspecified atom stereocenters. The number of rotatable bonds is 7. The van der Waals surface area contributed by atoms with Crippen LogP contribution in [-0.4, -0.2) is 12.5 Å². The highest BCUT2D eigenvalue weighted by atomic mass is 35.5. The van der Waals surface area contributed by atoms with Gasteiger partial charge < -0.3 is 5.32 Å². The minimum Gasteiger partial charge on any atom is -0.351 e. The van der Waals surface area contributed by atoms with E-state index in [1.807, 2.05) is 18.2 Å². The Balaban J connectivity index is 1.43. The molecule has 36 heavy (non-hydrogen) atoms. The second-order valence-electron chi connectivity index (χ2n) is 9.36. The second kappa shape index (κ2) is 11.3. The molecule has 1 saturated carbocycles. The van der Waals surface area contributed by atoms with Crippen LogP contribution in [0.1, 0.15) is 59.2 Å². The van der Waals surface area contributed by atoms with Gasteiger partial charge in [-0.3, -0.25) is 4.79 Å². The van der Waals surface area contributed by atoms with Crippen molar-refractivity contribution in [3.63, 3.8) is 0 Å². The third-order valence-corrected chi connectivity index (χ3v) is 7.44. The molecule has 188 valence electrons. The third-order valence-electron chi connectivity index (χ3n) is 7.11. The van der Waals surface area contributed by atoms with Gasteiger partial charge in [0.25, 0.3) is 5.91 Å². The standard InChI is InChI=1S/C30H29ClF3NO/c31-27-16-7-5-14-25(27)28(36)35-21-29(24-12-2-1-3-13-24)19-17-22(18-20-29)9-8-11-23-10-4-6-15-26(23)30(32,33)34/h1-7,9-10,12-16H,8,11,17-21H2,(H,35,36). The lowest BCUT2D eigenvalue weighted by molar-refractivity contribution is -0.138. The van der Waals surface area contributed by atoms with Gasteiger partial charge in [-0.1, -0.05) is 83.9 Å². The van der Waals surface area contributed by atoms with E-state index in [4.69, 9.17) is 11.6 Å². The summed E-state index contributed by atoms with van der Waals surface area (Å²) >= 11 is 6.21. The molecule has 1 amide bonds. The normalized spacial score (nSPS) is 18.1. The maximum atomic E-state index is 13.3. The summed E-state index contributed by atoms with van der Waals surface area (Å²) in [6, 6.07) is 23.0. The van der Waals surface area contributed by atoms with Crippen molar-refractivity contribution < 1.29 is 18.0 Å². The molecule has 1 aliphatic rings. The largest absolute Gasteiger partial charge is 0.416 e. The van der Waals surface area contributed by atoms with E-state index in [1.165, 1.54) is 17.2 Å². The van der Waals surface area contributed by atoms with E-state index in [2.05, 4.69) is 23.5 Å². The van der Waals surface area contributed by atoms with Gasteiger partial charge in [-0.15, -0.1) is 0 Å². The smallest absolute Gasteiger partial charge is 0.351 e.